The predicted molar refractivity (Wildman–Crippen MR) is 111 cm³/mol. The summed E-state index contributed by atoms with van der Waals surface area (Å²) in [6.45, 7) is 3.56. The Morgan fingerprint density at radius 2 is 1.07 bits per heavy atom. The second-order valence-electron chi connectivity index (χ2n) is 6.36. The van der Waals surface area contributed by atoms with Crippen LogP contribution >= 0.6 is 0 Å². The fourth-order valence-electron chi connectivity index (χ4n) is 2.92. The van der Waals surface area contributed by atoms with Crippen LogP contribution in [0.5, 0.6) is 0 Å². The summed E-state index contributed by atoms with van der Waals surface area (Å²) < 4.78 is 60.7. The van der Waals surface area contributed by atoms with Crippen LogP contribution < -0.4 is 0 Å². The number of hydrogen-bond acceptors (Lipinski definition) is 8. The van der Waals surface area contributed by atoms with E-state index >= 15 is 0 Å². The van der Waals surface area contributed by atoms with E-state index in [2.05, 4.69) is 0 Å². The molecule has 0 N–H and O–H groups in total. The third kappa shape index (κ3) is 5.79. The minimum Gasteiger partial charge on any atom is -0.466 e. The molecule has 0 saturated carbocycles. The van der Waals surface area contributed by atoms with Crippen molar-refractivity contribution in [3.05, 3.63) is 36.4 Å². The molecule has 0 atom stereocenters. The van der Waals surface area contributed by atoms with Crippen molar-refractivity contribution in [1.29, 1.82) is 0 Å². The molecular weight excluding hydrogens is 432 g/mol. The highest BCUT2D eigenvalue weighted by Crippen LogP contribution is 2.30. The van der Waals surface area contributed by atoms with E-state index in [0.29, 0.717) is 0 Å². The third-order valence-electron chi connectivity index (χ3n) is 4.27. The van der Waals surface area contributed by atoms with Gasteiger partial charge in [0.2, 0.25) is 0 Å². The molecule has 10 heteroatoms. The van der Waals surface area contributed by atoms with Crippen molar-refractivity contribution in [2.45, 2.75) is 36.5 Å². The van der Waals surface area contributed by atoms with Crippen molar-refractivity contribution < 1.29 is 35.9 Å². The highest BCUT2D eigenvalue weighted by molar-refractivity contribution is 7.92. The molecule has 2 rings (SSSR count). The van der Waals surface area contributed by atoms with Gasteiger partial charge in [0.15, 0.2) is 19.7 Å². The van der Waals surface area contributed by atoms with Gasteiger partial charge in [-0.2, -0.15) is 0 Å². The second kappa shape index (κ2) is 10.0. The summed E-state index contributed by atoms with van der Waals surface area (Å²) in [5.74, 6) is -2.15. The molecule has 0 aliphatic heterocycles. The third-order valence-corrected chi connectivity index (χ3v) is 7.81. The number of benzene rings is 2. The maximum Gasteiger partial charge on any atom is 0.306 e. The van der Waals surface area contributed by atoms with E-state index < -0.39 is 43.1 Å². The SMILES string of the molecule is CCOC(=O)CCS(=O)(=O)c1cccc2c(S(=O)(=O)CCC(=O)OCC)cccc12. The van der Waals surface area contributed by atoms with Crippen LogP contribution in [0.3, 0.4) is 0 Å². The van der Waals surface area contributed by atoms with Gasteiger partial charge in [0.1, 0.15) is 0 Å². The van der Waals surface area contributed by atoms with Gasteiger partial charge >= 0.3 is 11.9 Å². The Labute approximate surface area is 176 Å². The standard InChI is InChI=1S/C20H24O8S2/c1-3-27-19(21)11-13-29(23,24)17-9-5-8-16-15(17)7-6-10-18(16)30(25,26)14-12-20(22)28-4-2/h5-10H,3-4,11-14H2,1-2H3. The first kappa shape index (κ1) is 23.8. The number of carbonyl (C=O) groups is 2. The Balaban J connectivity index is 2.41. The van der Waals surface area contributed by atoms with Crippen LogP contribution in [0.1, 0.15) is 26.7 Å². The van der Waals surface area contributed by atoms with E-state index in [1.54, 1.807) is 13.8 Å². The van der Waals surface area contributed by atoms with E-state index in [1.807, 2.05) is 0 Å². The van der Waals surface area contributed by atoms with Crippen molar-refractivity contribution in [3.8, 4) is 0 Å². The molecular formula is C20H24O8S2. The summed E-state index contributed by atoms with van der Waals surface area (Å²) in [5.41, 5.74) is 0. The Hall–Kier alpha value is -2.46. The molecule has 0 unspecified atom stereocenters. The van der Waals surface area contributed by atoms with Crippen LogP contribution in [0.25, 0.3) is 10.8 Å². The van der Waals surface area contributed by atoms with Gasteiger partial charge in [0.05, 0.1) is 47.4 Å². The lowest BCUT2D eigenvalue weighted by Crippen LogP contribution is -2.15. The number of ether oxygens (including phenoxy) is 2. The fraction of sp³-hybridized carbons (Fsp3) is 0.400. The number of esters is 2. The zero-order valence-electron chi connectivity index (χ0n) is 16.8. The molecule has 0 fully saturated rings. The van der Waals surface area contributed by atoms with Gasteiger partial charge in [-0.1, -0.05) is 24.3 Å². The van der Waals surface area contributed by atoms with Gasteiger partial charge in [0, 0.05) is 10.8 Å². The first-order chi connectivity index (χ1) is 14.1. The van der Waals surface area contributed by atoms with Gasteiger partial charge in [-0.15, -0.1) is 0 Å². The minimum atomic E-state index is -3.87. The van der Waals surface area contributed by atoms with Crippen molar-refractivity contribution >= 4 is 42.4 Å². The molecule has 0 aromatic heterocycles. The molecule has 0 amide bonds. The zero-order valence-corrected chi connectivity index (χ0v) is 18.4. The molecule has 2 aromatic carbocycles. The summed E-state index contributed by atoms with van der Waals surface area (Å²) >= 11 is 0. The van der Waals surface area contributed by atoms with Crippen molar-refractivity contribution in [2.75, 3.05) is 24.7 Å². The maximum absolute atomic E-state index is 12.8. The number of hydrogen-bond donors (Lipinski definition) is 0. The summed E-state index contributed by atoms with van der Waals surface area (Å²) in [5, 5.41) is 0.470. The summed E-state index contributed by atoms with van der Waals surface area (Å²) in [6, 6.07) is 8.66. The summed E-state index contributed by atoms with van der Waals surface area (Å²) in [4.78, 5) is 23.0. The number of fused-ring (bicyclic) bond motifs is 1. The molecule has 0 radical (unpaired) electrons. The molecule has 0 aliphatic carbocycles. The van der Waals surface area contributed by atoms with Gasteiger partial charge in [0.25, 0.3) is 0 Å². The molecule has 164 valence electrons. The number of sulfone groups is 2. The molecule has 2 aromatic rings. The number of rotatable bonds is 10. The summed E-state index contributed by atoms with van der Waals surface area (Å²) in [7, 11) is -7.73. The Morgan fingerprint density at radius 1 is 0.700 bits per heavy atom. The lowest BCUT2D eigenvalue weighted by atomic mass is 10.1. The van der Waals surface area contributed by atoms with E-state index in [4.69, 9.17) is 9.47 Å². The van der Waals surface area contributed by atoms with Crippen LogP contribution in [0.4, 0.5) is 0 Å². The smallest absolute Gasteiger partial charge is 0.306 e. The molecule has 0 saturated heterocycles. The van der Waals surface area contributed by atoms with Crippen LogP contribution in [0.2, 0.25) is 0 Å². The monoisotopic (exact) mass is 456 g/mol. The highest BCUT2D eigenvalue weighted by Gasteiger charge is 2.24. The number of carbonyl (C=O) groups excluding carboxylic acids is 2. The second-order valence-corrected chi connectivity index (χ2v) is 10.5. The Bertz CT molecular complexity index is 1040. The highest BCUT2D eigenvalue weighted by atomic mass is 32.2. The van der Waals surface area contributed by atoms with Crippen molar-refractivity contribution in [2.24, 2.45) is 0 Å². The lowest BCUT2D eigenvalue weighted by Gasteiger charge is -2.12. The van der Waals surface area contributed by atoms with Crippen LogP contribution in [-0.4, -0.2) is 53.5 Å². The van der Waals surface area contributed by atoms with Crippen LogP contribution in [-0.2, 0) is 38.7 Å². The van der Waals surface area contributed by atoms with E-state index in [-0.39, 0.29) is 46.6 Å². The van der Waals surface area contributed by atoms with Crippen LogP contribution in [0.15, 0.2) is 46.2 Å². The average molecular weight is 457 g/mol. The largest absolute Gasteiger partial charge is 0.466 e. The zero-order chi connectivity index (χ0) is 22.4. The summed E-state index contributed by atoms with van der Waals surface area (Å²) in [6.07, 6.45) is -0.603. The first-order valence-electron chi connectivity index (χ1n) is 9.41. The first-order valence-corrected chi connectivity index (χ1v) is 12.7. The molecule has 0 spiro atoms. The van der Waals surface area contributed by atoms with E-state index in [1.165, 1.54) is 36.4 Å². The molecule has 0 aliphatic rings. The minimum absolute atomic E-state index is 0.0632. The molecule has 8 nitrogen and oxygen atoms in total. The van der Waals surface area contributed by atoms with Gasteiger partial charge in [-0.25, -0.2) is 16.8 Å². The Kier molecular flexibility index (Phi) is 7.96. The average Bonchev–Trinajstić information content (AvgIpc) is 2.70. The predicted octanol–water partition coefficient (Wildman–Crippen LogP) is 2.29. The Morgan fingerprint density at radius 3 is 1.40 bits per heavy atom. The fourth-order valence-corrected chi connectivity index (χ4v) is 5.82. The maximum atomic E-state index is 12.8. The molecule has 0 bridgehead atoms. The lowest BCUT2D eigenvalue weighted by molar-refractivity contribution is -0.143. The van der Waals surface area contributed by atoms with Gasteiger partial charge in [-0.05, 0) is 26.0 Å². The van der Waals surface area contributed by atoms with Gasteiger partial charge < -0.3 is 9.47 Å². The van der Waals surface area contributed by atoms with Gasteiger partial charge in [-0.3, -0.25) is 9.59 Å². The van der Waals surface area contributed by atoms with E-state index in [9.17, 15) is 26.4 Å². The molecule has 0 heterocycles. The normalized spacial score (nSPS) is 11.9. The van der Waals surface area contributed by atoms with Crippen molar-refractivity contribution in [1.82, 2.24) is 0 Å². The van der Waals surface area contributed by atoms with E-state index in [0.717, 1.165) is 0 Å². The molecule has 30 heavy (non-hydrogen) atoms. The van der Waals surface area contributed by atoms with Crippen LogP contribution in [0, 0.1) is 0 Å². The topological polar surface area (TPSA) is 121 Å². The quantitative estimate of drug-likeness (QED) is 0.499. The van der Waals surface area contributed by atoms with Crippen molar-refractivity contribution in [3.63, 3.8) is 0 Å².